The molecular formula is C19H21N5O. The molecule has 0 aliphatic rings. The van der Waals surface area contributed by atoms with Gasteiger partial charge in [0.2, 0.25) is 5.91 Å². The molecule has 0 atom stereocenters. The van der Waals surface area contributed by atoms with Crippen LogP contribution in [0, 0.1) is 0 Å². The molecule has 128 valence electrons. The molecule has 0 saturated heterocycles. The number of hydrogen-bond donors (Lipinski definition) is 1. The molecular weight excluding hydrogens is 314 g/mol. The Morgan fingerprint density at radius 1 is 1.16 bits per heavy atom. The van der Waals surface area contributed by atoms with Gasteiger partial charge in [-0.3, -0.25) is 14.3 Å². The first-order valence-corrected chi connectivity index (χ1v) is 8.13. The Balaban J connectivity index is 1.50. The van der Waals surface area contributed by atoms with Crippen molar-refractivity contribution in [3.63, 3.8) is 0 Å². The summed E-state index contributed by atoms with van der Waals surface area (Å²) in [5, 5.41) is 2.95. The second-order valence-corrected chi connectivity index (χ2v) is 5.93. The maximum Gasteiger partial charge on any atom is 0.234 e. The zero-order chi connectivity index (χ0) is 17.5. The summed E-state index contributed by atoms with van der Waals surface area (Å²) in [5.74, 6) is 0.782. The minimum absolute atomic E-state index is 0.000533. The van der Waals surface area contributed by atoms with Crippen molar-refractivity contribution in [1.82, 2.24) is 24.8 Å². The first-order chi connectivity index (χ1) is 12.2. The Kier molecular flexibility index (Phi) is 5.53. The Morgan fingerprint density at radius 2 is 2.00 bits per heavy atom. The highest BCUT2D eigenvalue weighted by atomic mass is 16.2. The molecule has 25 heavy (non-hydrogen) atoms. The highest BCUT2D eigenvalue weighted by Crippen LogP contribution is 2.07. The molecule has 0 spiro atoms. The molecule has 1 aromatic carbocycles. The van der Waals surface area contributed by atoms with Gasteiger partial charge in [-0.2, -0.15) is 0 Å². The molecule has 0 aliphatic heterocycles. The number of carbonyl (C=O) groups excluding carboxylic acids is 1. The van der Waals surface area contributed by atoms with E-state index in [0.717, 1.165) is 17.9 Å². The van der Waals surface area contributed by atoms with Crippen LogP contribution in [0.3, 0.4) is 0 Å². The fourth-order valence-corrected chi connectivity index (χ4v) is 2.56. The van der Waals surface area contributed by atoms with Gasteiger partial charge in [0.25, 0.3) is 0 Å². The number of imidazole rings is 1. The Labute approximate surface area is 147 Å². The van der Waals surface area contributed by atoms with Crippen LogP contribution in [0.4, 0.5) is 0 Å². The topological polar surface area (TPSA) is 63.1 Å². The molecule has 0 aliphatic carbocycles. The monoisotopic (exact) mass is 335 g/mol. The summed E-state index contributed by atoms with van der Waals surface area (Å²) in [7, 11) is 1.94. The van der Waals surface area contributed by atoms with Crippen LogP contribution in [0.2, 0.25) is 0 Å². The van der Waals surface area contributed by atoms with Crippen molar-refractivity contribution in [1.29, 1.82) is 0 Å². The Bertz CT molecular complexity index is 802. The molecule has 3 rings (SSSR count). The minimum atomic E-state index is -0.000533. The van der Waals surface area contributed by atoms with Crippen molar-refractivity contribution in [2.45, 2.75) is 13.1 Å². The van der Waals surface area contributed by atoms with Crippen LogP contribution in [-0.4, -0.2) is 38.9 Å². The number of hydrogen-bond acceptors (Lipinski definition) is 4. The number of benzene rings is 1. The lowest BCUT2D eigenvalue weighted by Gasteiger charge is -2.16. The lowest BCUT2D eigenvalue weighted by Crippen LogP contribution is -2.34. The van der Waals surface area contributed by atoms with Gasteiger partial charge in [-0.25, -0.2) is 9.97 Å². The van der Waals surface area contributed by atoms with Crippen LogP contribution >= 0.6 is 0 Å². The van der Waals surface area contributed by atoms with Crippen LogP contribution < -0.4 is 5.32 Å². The normalized spacial score (nSPS) is 10.8. The van der Waals surface area contributed by atoms with E-state index in [0.29, 0.717) is 13.1 Å². The molecule has 0 saturated carbocycles. The maximum absolute atomic E-state index is 12.1. The minimum Gasteiger partial charge on any atom is -0.351 e. The molecule has 6 heteroatoms. The van der Waals surface area contributed by atoms with Gasteiger partial charge in [0.05, 0.1) is 6.54 Å². The van der Waals surface area contributed by atoms with Crippen molar-refractivity contribution in [3.05, 3.63) is 78.5 Å². The van der Waals surface area contributed by atoms with E-state index < -0.39 is 0 Å². The van der Waals surface area contributed by atoms with Gasteiger partial charge in [-0.05, 0) is 30.3 Å². The van der Waals surface area contributed by atoms with E-state index in [-0.39, 0.29) is 5.91 Å². The summed E-state index contributed by atoms with van der Waals surface area (Å²) < 4.78 is 1.83. The molecule has 2 heterocycles. The third-order valence-corrected chi connectivity index (χ3v) is 3.78. The predicted octanol–water partition coefficient (Wildman–Crippen LogP) is 2.02. The second kappa shape index (κ2) is 8.21. The van der Waals surface area contributed by atoms with E-state index in [9.17, 15) is 4.79 Å². The Hall–Kier alpha value is -2.99. The number of rotatable bonds is 7. The summed E-state index contributed by atoms with van der Waals surface area (Å²) in [5.41, 5.74) is 2.19. The highest BCUT2D eigenvalue weighted by molar-refractivity contribution is 5.77. The van der Waals surface area contributed by atoms with E-state index in [1.54, 1.807) is 18.7 Å². The number of likely N-dealkylation sites (N-methyl/N-ethyl adjacent to an activating group) is 1. The zero-order valence-corrected chi connectivity index (χ0v) is 14.2. The quantitative estimate of drug-likeness (QED) is 0.717. The fraction of sp³-hybridized carbons (Fsp3) is 0.211. The van der Waals surface area contributed by atoms with Gasteiger partial charge >= 0.3 is 0 Å². The molecule has 6 nitrogen and oxygen atoms in total. The smallest absolute Gasteiger partial charge is 0.234 e. The van der Waals surface area contributed by atoms with Gasteiger partial charge < -0.3 is 5.32 Å². The van der Waals surface area contributed by atoms with Crippen molar-refractivity contribution in [3.8, 4) is 5.82 Å². The largest absolute Gasteiger partial charge is 0.351 e. The zero-order valence-electron chi connectivity index (χ0n) is 14.2. The summed E-state index contributed by atoms with van der Waals surface area (Å²) in [4.78, 5) is 22.5. The predicted molar refractivity (Wildman–Crippen MR) is 96.0 cm³/mol. The van der Waals surface area contributed by atoms with Crippen molar-refractivity contribution in [2.24, 2.45) is 0 Å². The molecule has 0 bridgehead atoms. The second-order valence-electron chi connectivity index (χ2n) is 5.93. The van der Waals surface area contributed by atoms with Crippen LogP contribution in [0.5, 0.6) is 0 Å². The van der Waals surface area contributed by atoms with E-state index >= 15 is 0 Å². The van der Waals surface area contributed by atoms with Crippen molar-refractivity contribution in [2.75, 3.05) is 13.6 Å². The van der Waals surface area contributed by atoms with Crippen LogP contribution in [0.25, 0.3) is 5.82 Å². The third-order valence-electron chi connectivity index (χ3n) is 3.78. The highest BCUT2D eigenvalue weighted by Gasteiger charge is 2.07. The van der Waals surface area contributed by atoms with E-state index in [2.05, 4.69) is 27.4 Å². The van der Waals surface area contributed by atoms with Gasteiger partial charge in [0, 0.05) is 31.7 Å². The summed E-state index contributed by atoms with van der Waals surface area (Å²) in [6, 6.07) is 14.0. The van der Waals surface area contributed by atoms with E-state index in [1.165, 1.54) is 5.56 Å². The molecule has 0 fully saturated rings. The lowest BCUT2D eigenvalue weighted by atomic mass is 10.2. The number of amides is 1. The van der Waals surface area contributed by atoms with Crippen LogP contribution in [0.15, 0.2) is 67.4 Å². The number of nitrogens with zero attached hydrogens (tertiary/aromatic N) is 4. The van der Waals surface area contributed by atoms with Gasteiger partial charge in [-0.15, -0.1) is 0 Å². The number of carbonyl (C=O) groups is 1. The summed E-state index contributed by atoms with van der Waals surface area (Å²) in [6.07, 6.45) is 6.98. The first kappa shape index (κ1) is 16.9. The SMILES string of the molecule is CN(CC(=O)NCc1ccnc(-n2ccnc2)c1)Cc1ccccc1. The van der Waals surface area contributed by atoms with Crippen LogP contribution in [0.1, 0.15) is 11.1 Å². The fourth-order valence-electron chi connectivity index (χ4n) is 2.56. The average Bonchev–Trinajstić information content (AvgIpc) is 3.16. The summed E-state index contributed by atoms with van der Waals surface area (Å²) in [6.45, 7) is 1.57. The molecule has 1 N–H and O–H groups in total. The average molecular weight is 335 g/mol. The number of pyridine rings is 1. The van der Waals surface area contributed by atoms with Gasteiger partial charge in [-0.1, -0.05) is 30.3 Å². The maximum atomic E-state index is 12.1. The molecule has 0 unspecified atom stereocenters. The molecule has 0 radical (unpaired) electrons. The number of aromatic nitrogens is 3. The number of nitrogens with one attached hydrogen (secondary N) is 1. The molecule has 3 aromatic rings. The first-order valence-electron chi connectivity index (χ1n) is 8.13. The van der Waals surface area contributed by atoms with Crippen LogP contribution in [-0.2, 0) is 17.9 Å². The van der Waals surface area contributed by atoms with E-state index in [4.69, 9.17) is 0 Å². The van der Waals surface area contributed by atoms with E-state index in [1.807, 2.05) is 53.0 Å². The van der Waals surface area contributed by atoms with Gasteiger partial charge in [0.1, 0.15) is 12.1 Å². The third kappa shape index (κ3) is 4.99. The summed E-state index contributed by atoms with van der Waals surface area (Å²) >= 11 is 0. The Morgan fingerprint density at radius 3 is 2.76 bits per heavy atom. The molecule has 2 aromatic heterocycles. The van der Waals surface area contributed by atoms with Gasteiger partial charge in [0.15, 0.2) is 0 Å². The van der Waals surface area contributed by atoms with Crippen molar-refractivity contribution < 1.29 is 4.79 Å². The lowest BCUT2D eigenvalue weighted by molar-refractivity contribution is -0.122. The standard InChI is InChI=1S/C19H21N5O/c1-23(13-16-5-3-2-4-6-16)14-19(25)22-12-17-7-8-21-18(11-17)24-10-9-20-15-24/h2-11,15H,12-14H2,1H3,(H,22,25). The molecule has 1 amide bonds. The van der Waals surface area contributed by atoms with Crippen molar-refractivity contribution >= 4 is 5.91 Å².